The molecule has 1 heterocycles. The summed E-state index contributed by atoms with van der Waals surface area (Å²) in [7, 11) is 1.60. The number of nitrogens with one attached hydrogen (secondary N) is 2. The predicted molar refractivity (Wildman–Crippen MR) is 102 cm³/mol. The Bertz CT molecular complexity index is 871. The maximum Gasteiger partial charge on any atom is 0.295 e. The maximum atomic E-state index is 12.5. The zero-order valence-corrected chi connectivity index (χ0v) is 15.2. The predicted octanol–water partition coefficient (Wildman–Crippen LogP) is 3.77. The molecule has 26 heavy (non-hydrogen) atoms. The van der Waals surface area contributed by atoms with Crippen LogP contribution in [0.4, 0.5) is 6.01 Å². The van der Waals surface area contributed by atoms with Crippen LogP contribution in [0.3, 0.4) is 0 Å². The molecule has 0 aliphatic heterocycles. The minimum atomic E-state index is -0.101. The summed E-state index contributed by atoms with van der Waals surface area (Å²) in [4.78, 5) is 16.8. The first-order valence-corrected chi connectivity index (χ1v) is 8.62. The van der Waals surface area contributed by atoms with Crippen molar-refractivity contribution >= 4 is 23.0 Å². The smallest absolute Gasteiger partial charge is 0.295 e. The highest BCUT2D eigenvalue weighted by Gasteiger charge is 2.14. The van der Waals surface area contributed by atoms with E-state index in [0.717, 1.165) is 23.1 Å². The lowest BCUT2D eigenvalue weighted by Gasteiger charge is -2.16. The number of methoxy groups -OCH3 is 1. The summed E-state index contributed by atoms with van der Waals surface area (Å²) in [6.45, 7) is 4.50. The number of benzene rings is 2. The quantitative estimate of drug-likeness (QED) is 0.676. The number of rotatable bonds is 7. The fraction of sp³-hybridized carbons (Fsp3) is 0.300. The second-order valence-electron chi connectivity index (χ2n) is 6.21. The first-order chi connectivity index (χ1) is 12.6. The molecule has 0 saturated carbocycles. The normalized spacial score (nSPS) is 12.0. The summed E-state index contributed by atoms with van der Waals surface area (Å²) in [5.41, 5.74) is 3.04. The van der Waals surface area contributed by atoms with Crippen LogP contribution in [0.5, 0.6) is 5.75 Å². The standard InChI is InChI=1S/C20H23N3O3/c1-13(22-19(24)15-7-6-10-17(25-3)14(15)2)11-12-21-20-23-16-8-4-5-9-18(16)26-20/h4-10,13H,11-12H2,1-3H3,(H,21,23)(H,22,24)/t13-/m0/s1. The molecule has 3 aromatic rings. The third-order valence-electron chi connectivity index (χ3n) is 4.27. The Balaban J connectivity index is 1.52. The fourth-order valence-corrected chi connectivity index (χ4v) is 2.80. The summed E-state index contributed by atoms with van der Waals surface area (Å²) in [5.74, 6) is 0.610. The average molecular weight is 353 g/mol. The van der Waals surface area contributed by atoms with Gasteiger partial charge < -0.3 is 19.8 Å². The van der Waals surface area contributed by atoms with Crippen LogP contribution in [0.2, 0.25) is 0 Å². The SMILES string of the molecule is COc1cccc(C(=O)N[C@@H](C)CCNc2nc3ccccc3o2)c1C. The number of ether oxygens (including phenoxy) is 1. The molecule has 1 amide bonds. The Hall–Kier alpha value is -3.02. The Kier molecular flexibility index (Phi) is 5.41. The first-order valence-electron chi connectivity index (χ1n) is 8.62. The summed E-state index contributed by atoms with van der Waals surface area (Å²) in [5, 5.41) is 6.17. The monoisotopic (exact) mass is 353 g/mol. The third kappa shape index (κ3) is 3.96. The van der Waals surface area contributed by atoms with E-state index >= 15 is 0 Å². The number of anilines is 1. The van der Waals surface area contributed by atoms with Crippen molar-refractivity contribution in [3.05, 3.63) is 53.6 Å². The molecule has 0 spiro atoms. The minimum absolute atomic E-state index is 0.00461. The number of carbonyl (C=O) groups is 1. The van der Waals surface area contributed by atoms with Gasteiger partial charge in [0.1, 0.15) is 11.3 Å². The highest BCUT2D eigenvalue weighted by Crippen LogP contribution is 2.21. The molecule has 2 aromatic carbocycles. The molecule has 1 aromatic heterocycles. The molecule has 3 rings (SSSR count). The van der Waals surface area contributed by atoms with Gasteiger partial charge in [0.15, 0.2) is 5.58 Å². The molecule has 1 atom stereocenters. The van der Waals surface area contributed by atoms with Crippen LogP contribution in [-0.4, -0.2) is 30.6 Å². The van der Waals surface area contributed by atoms with E-state index in [2.05, 4.69) is 15.6 Å². The van der Waals surface area contributed by atoms with E-state index in [0.29, 0.717) is 23.9 Å². The van der Waals surface area contributed by atoms with Crippen molar-refractivity contribution in [2.75, 3.05) is 19.0 Å². The minimum Gasteiger partial charge on any atom is -0.496 e. The van der Waals surface area contributed by atoms with Crippen molar-refractivity contribution in [2.24, 2.45) is 0 Å². The first kappa shape index (κ1) is 17.8. The van der Waals surface area contributed by atoms with Crippen LogP contribution < -0.4 is 15.4 Å². The number of nitrogens with zero attached hydrogens (tertiary/aromatic N) is 1. The lowest BCUT2D eigenvalue weighted by Crippen LogP contribution is -2.34. The number of fused-ring (bicyclic) bond motifs is 1. The molecule has 0 saturated heterocycles. The van der Waals surface area contributed by atoms with Crippen molar-refractivity contribution < 1.29 is 13.9 Å². The number of hydrogen-bond acceptors (Lipinski definition) is 5. The molecule has 0 bridgehead atoms. The number of amides is 1. The molecule has 0 radical (unpaired) electrons. The second-order valence-corrected chi connectivity index (χ2v) is 6.21. The highest BCUT2D eigenvalue weighted by atomic mass is 16.5. The van der Waals surface area contributed by atoms with E-state index in [9.17, 15) is 4.79 Å². The fourth-order valence-electron chi connectivity index (χ4n) is 2.80. The van der Waals surface area contributed by atoms with Crippen molar-refractivity contribution in [1.29, 1.82) is 0 Å². The molecule has 136 valence electrons. The van der Waals surface area contributed by atoms with Gasteiger partial charge in [-0.3, -0.25) is 4.79 Å². The summed E-state index contributed by atoms with van der Waals surface area (Å²) in [6, 6.07) is 13.6. The van der Waals surface area contributed by atoms with Crippen molar-refractivity contribution in [2.45, 2.75) is 26.3 Å². The molecule has 0 fully saturated rings. The average Bonchev–Trinajstić information content (AvgIpc) is 3.04. The van der Waals surface area contributed by atoms with E-state index in [4.69, 9.17) is 9.15 Å². The number of carbonyl (C=O) groups excluding carboxylic acids is 1. The molecular weight excluding hydrogens is 330 g/mol. The lowest BCUT2D eigenvalue weighted by molar-refractivity contribution is 0.0938. The topological polar surface area (TPSA) is 76.4 Å². The molecule has 0 unspecified atom stereocenters. The molecule has 0 aliphatic rings. The largest absolute Gasteiger partial charge is 0.496 e. The molecular formula is C20H23N3O3. The summed E-state index contributed by atoms with van der Waals surface area (Å²) < 4.78 is 10.9. The van der Waals surface area contributed by atoms with Crippen LogP contribution in [0.1, 0.15) is 29.3 Å². The van der Waals surface area contributed by atoms with E-state index in [1.807, 2.05) is 50.2 Å². The van der Waals surface area contributed by atoms with Crippen LogP contribution >= 0.6 is 0 Å². The third-order valence-corrected chi connectivity index (χ3v) is 4.27. The zero-order valence-electron chi connectivity index (χ0n) is 15.2. The van der Waals surface area contributed by atoms with Gasteiger partial charge in [0.25, 0.3) is 11.9 Å². The molecule has 6 nitrogen and oxygen atoms in total. The van der Waals surface area contributed by atoms with E-state index < -0.39 is 0 Å². The van der Waals surface area contributed by atoms with Gasteiger partial charge >= 0.3 is 0 Å². The van der Waals surface area contributed by atoms with Gasteiger partial charge in [-0.2, -0.15) is 4.98 Å². The maximum absolute atomic E-state index is 12.5. The Morgan fingerprint density at radius 2 is 2.04 bits per heavy atom. The van der Waals surface area contributed by atoms with Crippen LogP contribution in [0.15, 0.2) is 46.9 Å². The van der Waals surface area contributed by atoms with Crippen LogP contribution in [0, 0.1) is 6.92 Å². The highest BCUT2D eigenvalue weighted by molar-refractivity contribution is 5.96. The van der Waals surface area contributed by atoms with Crippen molar-refractivity contribution in [3.63, 3.8) is 0 Å². The Morgan fingerprint density at radius 3 is 2.81 bits per heavy atom. The van der Waals surface area contributed by atoms with E-state index in [1.165, 1.54) is 0 Å². The van der Waals surface area contributed by atoms with Gasteiger partial charge in [-0.15, -0.1) is 0 Å². The van der Waals surface area contributed by atoms with Gasteiger partial charge in [0.05, 0.1) is 7.11 Å². The molecule has 6 heteroatoms. The van der Waals surface area contributed by atoms with Crippen LogP contribution in [-0.2, 0) is 0 Å². The number of aromatic nitrogens is 1. The summed E-state index contributed by atoms with van der Waals surface area (Å²) in [6.07, 6.45) is 0.744. The van der Waals surface area contributed by atoms with E-state index in [-0.39, 0.29) is 11.9 Å². The number of para-hydroxylation sites is 2. The summed E-state index contributed by atoms with van der Waals surface area (Å²) >= 11 is 0. The van der Waals surface area contributed by atoms with E-state index in [1.54, 1.807) is 13.2 Å². The van der Waals surface area contributed by atoms with Gasteiger partial charge in [-0.25, -0.2) is 0 Å². The van der Waals surface area contributed by atoms with Gasteiger partial charge in [0, 0.05) is 23.7 Å². The van der Waals surface area contributed by atoms with Gasteiger partial charge in [-0.05, 0) is 44.5 Å². The van der Waals surface area contributed by atoms with Crippen molar-refractivity contribution in [3.8, 4) is 5.75 Å². The molecule has 0 aliphatic carbocycles. The molecule has 2 N–H and O–H groups in total. The zero-order chi connectivity index (χ0) is 18.5. The number of oxazole rings is 1. The second kappa shape index (κ2) is 7.91. The lowest BCUT2D eigenvalue weighted by atomic mass is 10.1. The number of hydrogen-bond donors (Lipinski definition) is 2. The Morgan fingerprint density at radius 1 is 1.23 bits per heavy atom. The van der Waals surface area contributed by atoms with Crippen molar-refractivity contribution in [1.82, 2.24) is 10.3 Å². The Labute approximate surface area is 152 Å². The van der Waals surface area contributed by atoms with Gasteiger partial charge in [-0.1, -0.05) is 18.2 Å². The van der Waals surface area contributed by atoms with Gasteiger partial charge in [0.2, 0.25) is 0 Å². The van der Waals surface area contributed by atoms with Crippen LogP contribution in [0.25, 0.3) is 11.1 Å².